The molecule has 38 heavy (non-hydrogen) atoms. The lowest BCUT2D eigenvalue weighted by molar-refractivity contribution is -0.122. The molecule has 2 aliphatic rings. The Hall–Kier alpha value is -3.56. The lowest BCUT2D eigenvalue weighted by atomic mass is 9.93. The number of carbonyl (C=O) groups is 1. The summed E-state index contributed by atoms with van der Waals surface area (Å²) in [5.41, 5.74) is 6.36. The second kappa shape index (κ2) is 16.3. The van der Waals surface area contributed by atoms with Gasteiger partial charge in [0.2, 0.25) is 0 Å². The van der Waals surface area contributed by atoms with Crippen LogP contribution in [0.5, 0.6) is 0 Å². The maximum atomic E-state index is 14.4. The summed E-state index contributed by atoms with van der Waals surface area (Å²) in [6.45, 7) is 6.61. The highest BCUT2D eigenvalue weighted by Gasteiger charge is 2.30. The highest BCUT2D eigenvalue weighted by atomic mass is 19.4. The third-order valence-electron chi connectivity index (χ3n) is 5.92. The van der Waals surface area contributed by atoms with Crippen LogP contribution in [0.15, 0.2) is 48.6 Å². The van der Waals surface area contributed by atoms with Crippen molar-refractivity contribution in [2.24, 2.45) is 0 Å². The smallest absolute Gasteiger partial charge is 0.379 e. The predicted octanol–water partition coefficient (Wildman–Crippen LogP) is 7.95. The summed E-state index contributed by atoms with van der Waals surface area (Å²) in [6, 6.07) is 7.73. The van der Waals surface area contributed by atoms with Crippen molar-refractivity contribution in [2.45, 2.75) is 65.8 Å². The molecule has 1 atom stereocenters. The summed E-state index contributed by atoms with van der Waals surface area (Å²) in [6.07, 6.45) is 6.94. The van der Waals surface area contributed by atoms with Crippen LogP contribution in [0.3, 0.4) is 0 Å². The van der Waals surface area contributed by atoms with Crippen LogP contribution in [0.25, 0.3) is 5.70 Å². The number of benzene rings is 2. The molecule has 0 radical (unpaired) electrons. The Kier molecular flexibility index (Phi) is 13.9. The van der Waals surface area contributed by atoms with E-state index >= 15 is 0 Å². The van der Waals surface area contributed by atoms with E-state index in [1.165, 1.54) is 30.5 Å². The van der Waals surface area contributed by atoms with Crippen LogP contribution in [0.4, 0.5) is 33.3 Å². The van der Waals surface area contributed by atoms with Crippen molar-refractivity contribution in [3.63, 3.8) is 0 Å². The van der Waals surface area contributed by atoms with Gasteiger partial charge in [-0.25, -0.2) is 8.78 Å². The predicted molar refractivity (Wildman–Crippen MR) is 143 cm³/mol. The average molecular weight is 542 g/mol. The minimum Gasteiger partial charge on any atom is -0.483 e. The molecular formula is C28H36F5N3O2. The highest BCUT2D eigenvalue weighted by molar-refractivity contribution is 5.80. The molecule has 0 saturated heterocycles. The van der Waals surface area contributed by atoms with Gasteiger partial charge in [0, 0.05) is 30.5 Å². The van der Waals surface area contributed by atoms with Crippen LogP contribution in [0, 0.1) is 18.6 Å². The number of carboxylic acid groups (broad SMARTS) is 1. The number of nitrogens with zero attached hydrogens (tertiary/aromatic N) is 1. The number of hydrogen-bond acceptors (Lipinski definition) is 4. The molecule has 5 nitrogen and oxygen atoms in total. The molecule has 2 aromatic rings. The SMILES string of the molecule is C=C1c2cc(F)cc(CNc3ccc(F)cc3C)c2NC(C2=CCCCC2)N1C.CC.FC(F)F.O=CO. The molecule has 0 aromatic heterocycles. The minimum atomic E-state index is -3.67. The topological polar surface area (TPSA) is 64.6 Å². The number of allylic oxidation sites excluding steroid dienone is 1. The third kappa shape index (κ3) is 9.39. The maximum Gasteiger partial charge on any atom is 0.379 e. The summed E-state index contributed by atoms with van der Waals surface area (Å²) in [5.74, 6) is -0.552. The zero-order valence-corrected chi connectivity index (χ0v) is 22.1. The monoisotopic (exact) mass is 541 g/mol. The number of nitrogens with one attached hydrogen (secondary N) is 2. The number of halogens is 5. The Labute approximate surface area is 221 Å². The number of rotatable bonds is 4. The van der Waals surface area contributed by atoms with Crippen LogP contribution in [-0.2, 0) is 11.3 Å². The fourth-order valence-corrected chi connectivity index (χ4v) is 4.25. The number of anilines is 2. The fourth-order valence-electron chi connectivity index (χ4n) is 4.25. The van der Waals surface area contributed by atoms with Crippen molar-refractivity contribution >= 4 is 23.5 Å². The normalized spacial score (nSPS) is 15.7. The Bertz CT molecular complexity index is 1090. The van der Waals surface area contributed by atoms with Crippen molar-refractivity contribution in [3.05, 3.63) is 76.9 Å². The van der Waals surface area contributed by atoms with E-state index in [-0.39, 0.29) is 24.3 Å². The van der Waals surface area contributed by atoms with E-state index in [1.807, 2.05) is 27.8 Å². The molecule has 1 aliphatic carbocycles. The molecule has 2 aromatic carbocycles. The first-order valence-corrected chi connectivity index (χ1v) is 12.3. The molecule has 3 N–H and O–H groups in total. The van der Waals surface area contributed by atoms with E-state index in [4.69, 9.17) is 9.90 Å². The van der Waals surface area contributed by atoms with Crippen LogP contribution < -0.4 is 10.6 Å². The molecule has 0 saturated carbocycles. The molecule has 1 unspecified atom stereocenters. The lowest BCUT2D eigenvalue weighted by Crippen LogP contribution is -2.42. The summed E-state index contributed by atoms with van der Waals surface area (Å²) in [4.78, 5) is 10.5. The molecule has 0 fully saturated rings. The van der Waals surface area contributed by atoms with Crippen molar-refractivity contribution in [1.29, 1.82) is 0 Å². The number of alkyl halides is 3. The molecule has 1 aliphatic heterocycles. The van der Waals surface area contributed by atoms with E-state index < -0.39 is 6.68 Å². The first kappa shape index (κ1) is 32.5. The Balaban J connectivity index is 0.000000708. The number of fused-ring (bicyclic) bond motifs is 1. The van der Waals surface area contributed by atoms with Gasteiger partial charge in [-0.15, -0.1) is 0 Å². The summed E-state index contributed by atoms with van der Waals surface area (Å²) >= 11 is 0. The Morgan fingerprint density at radius 1 is 1.16 bits per heavy atom. The van der Waals surface area contributed by atoms with Gasteiger partial charge in [0.1, 0.15) is 17.8 Å². The fraction of sp³-hybridized carbons (Fsp3) is 0.393. The molecule has 210 valence electrons. The van der Waals surface area contributed by atoms with Crippen LogP contribution in [0.2, 0.25) is 0 Å². The molecule has 0 spiro atoms. The number of aryl methyl sites for hydroxylation is 1. The van der Waals surface area contributed by atoms with Gasteiger partial charge in [0.05, 0.1) is 5.69 Å². The average Bonchev–Trinajstić information content (AvgIpc) is 2.88. The summed E-state index contributed by atoms with van der Waals surface area (Å²) in [5, 5.41) is 13.8. The molecular weight excluding hydrogens is 505 g/mol. The quantitative estimate of drug-likeness (QED) is 0.208. The van der Waals surface area contributed by atoms with E-state index in [1.54, 1.807) is 18.2 Å². The highest BCUT2D eigenvalue weighted by Crippen LogP contribution is 2.39. The lowest BCUT2D eigenvalue weighted by Gasteiger charge is -2.41. The van der Waals surface area contributed by atoms with Crippen LogP contribution >= 0.6 is 0 Å². The summed E-state index contributed by atoms with van der Waals surface area (Å²) < 4.78 is 56.8. The summed E-state index contributed by atoms with van der Waals surface area (Å²) in [7, 11) is 2.00. The van der Waals surface area contributed by atoms with Crippen LogP contribution in [-0.4, -0.2) is 36.4 Å². The van der Waals surface area contributed by atoms with Gasteiger partial charge in [-0.2, -0.15) is 13.2 Å². The molecule has 0 bridgehead atoms. The van der Waals surface area contributed by atoms with Gasteiger partial charge in [-0.1, -0.05) is 26.5 Å². The van der Waals surface area contributed by atoms with Gasteiger partial charge in [0.15, 0.2) is 0 Å². The van der Waals surface area contributed by atoms with Crippen molar-refractivity contribution in [2.75, 3.05) is 17.7 Å². The van der Waals surface area contributed by atoms with Gasteiger partial charge in [-0.05, 0) is 79.6 Å². The molecule has 4 rings (SSSR count). The molecule has 0 amide bonds. The van der Waals surface area contributed by atoms with Gasteiger partial charge < -0.3 is 20.6 Å². The standard InChI is InChI=1S/C24H27F2N3.C2H6.CHF3.CH2O2/c1-15-11-19(25)9-10-22(15)27-14-18-12-20(26)13-21-16(2)29(3)24(28-23(18)21)17-7-5-4-6-8-17;1-2;2-1(3)4;2-1-3/h7,9-13,24,27-28H,2,4-6,8,14H2,1,3H3;1-2H3;1H;1H,(H,2,3). The first-order valence-electron chi connectivity index (χ1n) is 12.3. The van der Waals surface area contributed by atoms with Crippen molar-refractivity contribution in [3.8, 4) is 0 Å². The first-order chi connectivity index (χ1) is 18.1. The van der Waals surface area contributed by atoms with E-state index in [0.717, 1.165) is 46.6 Å². The zero-order valence-electron chi connectivity index (χ0n) is 22.1. The minimum absolute atomic E-state index is 0.0343. The van der Waals surface area contributed by atoms with Gasteiger partial charge in [0.25, 0.3) is 6.47 Å². The molecule has 10 heteroatoms. The second-order valence-electron chi connectivity index (χ2n) is 8.28. The van der Waals surface area contributed by atoms with Gasteiger partial charge in [-0.3, -0.25) is 4.79 Å². The van der Waals surface area contributed by atoms with Crippen molar-refractivity contribution < 1.29 is 31.9 Å². The number of likely N-dealkylation sites (N-methyl/N-ethyl adjacent to an activating group) is 1. The van der Waals surface area contributed by atoms with Crippen LogP contribution in [0.1, 0.15) is 56.2 Å². The zero-order chi connectivity index (χ0) is 28.8. The Morgan fingerprint density at radius 2 is 1.79 bits per heavy atom. The van der Waals surface area contributed by atoms with E-state index in [2.05, 4.69) is 28.2 Å². The van der Waals surface area contributed by atoms with Crippen molar-refractivity contribution in [1.82, 2.24) is 4.90 Å². The maximum absolute atomic E-state index is 14.4. The largest absolute Gasteiger partial charge is 0.483 e. The van der Waals surface area contributed by atoms with Gasteiger partial charge >= 0.3 is 6.68 Å². The number of hydrogen-bond donors (Lipinski definition) is 3. The second-order valence-corrected chi connectivity index (χ2v) is 8.28. The molecule has 1 heterocycles. The van der Waals surface area contributed by atoms with E-state index in [0.29, 0.717) is 6.54 Å². The Morgan fingerprint density at radius 3 is 2.34 bits per heavy atom. The third-order valence-corrected chi connectivity index (χ3v) is 5.92. The van der Waals surface area contributed by atoms with E-state index in [9.17, 15) is 22.0 Å².